The molecule has 0 atom stereocenters. The van der Waals surface area contributed by atoms with Gasteiger partial charge in [-0.15, -0.1) is 0 Å². The number of carbonyl (C=O) groups is 1. The van der Waals surface area contributed by atoms with Crippen molar-refractivity contribution in [2.75, 3.05) is 5.32 Å². The van der Waals surface area contributed by atoms with Crippen LogP contribution in [0.3, 0.4) is 0 Å². The minimum absolute atomic E-state index is 0.205. The minimum atomic E-state index is -0.983. The summed E-state index contributed by atoms with van der Waals surface area (Å²) in [6.07, 6.45) is 0. The molecule has 0 aliphatic carbocycles. The molecule has 110 valence electrons. The van der Waals surface area contributed by atoms with Crippen LogP contribution in [0.15, 0.2) is 48.5 Å². The number of halogens is 1. The molecule has 0 aliphatic rings. The first-order chi connectivity index (χ1) is 10.6. The molecule has 4 nitrogen and oxygen atoms in total. The number of anilines is 2. The Hall–Kier alpha value is -2.59. The lowest BCUT2D eigenvalue weighted by Gasteiger charge is -2.13. The highest BCUT2D eigenvalue weighted by Gasteiger charge is 2.12. The SMILES string of the molecule is Cc1cccc2c(Nc3ccccc3C(=O)O)cc(Cl)nc12. The van der Waals surface area contributed by atoms with Crippen molar-refractivity contribution in [1.29, 1.82) is 0 Å². The van der Waals surface area contributed by atoms with E-state index in [1.807, 2.05) is 25.1 Å². The summed E-state index contributed by atoms with van der Waals surface area (Å²) in [7, 11) is 0. The summed E-state index contributed by atoms with van der Waals surface area (Å²) < 4.78 is 0. The average molecular weight is 313 g/mol. The zero-order chi connectivity index (χ0) is 15.7. The van der Waals surface area contributed by atoms with Gasteiger partial charge in [0.25, 0.3) is 0 Å². The third-order valence-corrected chi connectivity index (χ3v) is 3.63. The Morgan fingerprint density at radius 3 is 2.68 bits per heavy atom. The molecule has 0 spiro atoms. The van der Waals surface area contributed by atoms with Gasteiger partial charge < -0.3 is 10.4 Å². The number of aryl methyl sites for hydroxylation is 1. The second-order valence-electron chi connectivity index (χ2n) is 4.94. The molecule has 0 unspecified atom stereocenters. The number of hydrogen-bond acceptors (Lipinski definition) is 3. The van der Waals surface area contributed by atoms with E-state index >= 15 is 0 Å². The van der Waals surface area contributed by atoms with Crippen LogP contribution in [-0.4, -0.2) is 16.1 Å². The first-order valence-electron chi connectivity index (χ1n) is 6.71. The van der Waals surface area contributed by atoms with Crippen molar-refractivity contribution in [1.82, 2.24) is 4.98 Å². The van der Waals surface area contributed by atoms with Gasteiger partial charge in [-0.25, -0.2) is 9.78 Å². The van der Waals surface area contributed by atoms with E-state index in [1.54, 1.807) is 30.3 Å². The summed E-state index contributed by atoms with van der Waals surface area (Å²) in [4.78, 5) is 15.7. The van der Waals surface area contributed by atoms with Crippen LogP contribution < -0.4 is 5.32 Å². The molecule has 2 aromatic carbocycles. The molecular formula is C17H13ClN2O2. The minimum Gasteiger partial charge on any atom is -0.478 e. The summed E-state index contributed by atoms with van der Waals surface area (Å²) in [5.74, 6) is -0.983. The molecule has 0 bridgehead atoms. The molecule has 0 fully saturated rings. The number of nitrogens with zero attached hydrogens (tertiary/aromatic N) is 1. The number of nitrogens with one attached hydrogen (secondary N) is 1. The van der Waals surface area contributed by atoms with E-state index in [0.29, 0.717) is 10.8 Å². The lowest BCUT2D eigenvalue weighted by atomic mass is 10.1. The molecule has 3 aromatic rings. The predicted octanol–water partition coefficient (Wildman–Crippen LogP) is 4.64. The predicted molar refractivity (Wildman–Crippen MR) is 88.2 cm³/mol. The summed E-state index contributed by atoms with van der Waals surface area (Å²) in [6, 6.07) is 14.3. The van der Waals surface area contributed by atoms with Crippen molar-refractivity contribution in [2.45, 2.75) is 6.92 Å². The van der Waals surface area contributed by atoms with Crippen LogP contribution in [0, 0.1) is 6.92 Å². The molecule has 0 amide bonds. The number of rotatable bonds is 3. The van der Waals surface area contributed by atoms with Crippen LogP contribution >= 0.6 is 11.6 Å². The van der Waals surface area contributed by atoms with Crippen LogP contribution in [0.1, 0.15) is 15.9 Å². The van der Waals surface area contributed by atoms with Gasteiger partial charge >= 0.3 is 5.97 Å². The quantitative estimate of drug-likeness (QED) is 0.692. The van der Waals surface area contributed by atoms with E-state index in [9.17, 15) is 9.90 Å². The van der Waals surface area contributed by atoms with Crippen molar-refractivity contribution in [2.24, 2.45) is 0 Å². The van der Waals surface area contributed by atoms with Crippen molar-refractivity contribution in [3.8, 4) is 0 Å². The number of aromatic carboxylic acids is 1. The van der Waals surface area contributed by atoms with Gasteiger partial charge in [0.2, 0.25) is 0 Å². The number of hydrogen-bond donors (Lipinski definition) is 2. The molecule has 3 rings (SSSR count). The molecule has 0 aliphatic heterocycles. The van der Waals surface area contributed by atoms with Crippen molar-refractivity contribution >= 4 is 39.8 Å². The molecule has 2 N–H and O–H groups in total. The first kappa shape index (κ1) is 14.4. The molecule has 0 saturated heterocycles. The topological polar surface area (TPSA) is 62.2 Å². The van der Waals surface area contributed by atoms with E-state index < -0.39 is 5.97 Å². The van der Waals surface area contributed by atoms with Crippen molar-refractivity contribution in [3.05, 3.63) is 64.8 Å². The van der Waals surface area contributed by atoms with Crippen molar-refractivity contribution in [3.63, 3.8) is 0 Å². The lowest BCUT2D eigenvalue weighted by molar-refractivity contribution is 0.0698. The van der Waals surface area contributed by atoms with Gasteiger partial charge in [0.1, 0.15) is 5.15 Å². The molecule has 1 heterocycles. The largest absolute Gasteiger partial charge is 0.478 e. The highest BCUT2D eigenvalue weighted by atomic mass is 35.5. The van der Waals surface area contributed by atoms with Crippen LogP contribution in [-0.2, 0) is 0 Å². The number of fused-ring (bicyclic) bond motifs is 1. The third-order valence-electron chi connectivity index (χ3n) is 3.44. The van der Waals surface area contributed by atoms with Gasteiger partial charge in [0, 0.05) is 5.39 Å². The molecule has 5 heteroatoms. The number of pyridine rings is 1. The van der Waals surface area contributed by atoms with Crippen LogP contribution in [0.2, 0.25) is 5.15 Å². The van der Waals surface area contributed by atoms with Gasteiger partial charge in [-0.05, 0) is 30.7 Å². The smallest absolute Gasteiger partial charge is 0.337 e. The molecule has 22 heavy (non-hydrogen) atoms. The second-order valence-corrected chi connectivity index (χ2v) is 5.33. The van der Waals surface area contributed by atoms with Gasteiger partial charge in [0.15, 0.2) is 0 Å². The Bertz CT molecular complexity index is 878. The Morgan fingerprint density at radius 1 is 1.14 bits per heavy atom. The highest BCUT2D eigenvalue weighted by molar-refractivity contribution is 6.30. The van der Waals surface area contributed by atoms with Gasteiger partial charge in [-0.3, -0.25) is 0 Å². The summed E-state index contributed by atoms with van der Waals surface area (Å²) >= 11 is 6.10. The van der Waals surface area contributed by atoms with Gasteiger partial charge in [-0.1, -0.05) is 41.9 Å². The Morgan fingerprint density at radius 2 is 1.91 bits per heavy atom. The lowest BCUT2D eigenvalue weighted by Crippen LogP contribution is -2.03. The van der Waals surface area contributed by atoms with E-state index in [4.69, 9.17) is 11.6 Å². The second kappa shape index (κ2) is 5.66. The number of para-hydroxylation sites is 2. The fourth-order valence-corrected chi connectivity index (χ4v) is 2.58. The highest BCUT2D eigenvalue weighted by Crippen LogP contribution is 2.30. The number of carboxylic acids is 1. The van der Waals surface area contributed by atoms with E-state index in [0.717, 1.165) is 22.2 Å². The molecular weight excluding hydrogens is 300 g/mol. The Labute approximate surface area is 132 Å². The summed E-state index contributed by atoms with van der Waals surface area (Å²) in [6.45, 7) is 1.96. The monoisotopic (exact) mass is 312 g/mol. The maximum Gasteiger partial charge on any atom is 0.337 e. The van der Waals surface area contributed by atoms with Gasteiger partial charge in [0.05, 0.1) is 22.5 Å². The number of aromatic nitrogens is 1. The number of benzene rings is 2. The maximum absolute atomic E-state index is 11.3. The van der Waals surface area contributed by atoms with Crippen LogP contribution in [0.4, 0.5) is 11.4 Å². The maximum atomic E-state index is 11.3. The zero-order valence-electron chi connectivity index (χ0n) is 11.8. The number of carboxylic acid groups (broad SMARTS) is 1. The third kappa shape index (κ3) is 2.61. The van der Waals surface area contributed by atoms with Crippen molar-refractivity contribution < 1.29 is 9.90 Å². The Kier molecular flexibility index (Phi) is 3.69. The van der Waals surface area contributed by atoms with E-state index in [2.05, 4.69) is 10.3 Å². The van der Waals surface area contributed by atoms with E-state index in [1.165, 1.54) is 0 Å². The van der Waals surface area contributed by atoms with Crippen LogP contribution in [0.5, 0.6) is 0 Å². The summed E-state index contributed by atoms with van der Waals surface area (Å²) in [5.41, 5.74) is 3.25. The normalized spacial score (nSPS) is 10.6. The fourth-order valence-electron chi connectivity index (χ4n) is 2.39. The molecule has 0 radical (unpaired) electrons. The Balaban J connectivity index is 2.16. The first-order valence-corrected chi connectivity index (χ1v) is 7.09. The molecule has 0 saturated carbocycles. The van der Waals surface area contributed by atoms with Gasteiger partial charge in [-0.2, -0.15) is 0 Å². The van der Waals surface area contributed by atoms with E-state index in [-0.39, 0.29) is 5.56 Å². The zero-order valence-corrected chi connectivity index (χ0v) is 12.6. The average Bonchev–Trinajstić information content (AvgIpc) is 2.49. The standard InChI is InChI=1S/C17H13ClN2O2/c1-10-5-4-7-11-14(9-15(18)20-16(10)11)19-13-8-3-2-6-12(13)17(21)22/h2-9H,1H3,(H,19,20)(H,21,22). The molecule has 1 aromatic heterocycles. The van der Waals surface area contributed by atoms with Crippen LogP contribution in [0.25, 0.3) is 10.9 Å². The fraction of sp³-hybridized carbons (Fsp3) is 0.0588. The summed E-state index contributed by atoms with van der Waals surface area (Å²) in [5, 5.41) is 13.7.